The van der Waals surface area contributed by atoms with E-state index in [-0.39, 0.29) is 12.2 Å². The third kappa shape index (κ3) is 6.81. The second-order valence-corrected chi connectivity index (χ2v) is 5.49. The second-order valence-electron chi connectivity index (χ2n) is 5.13. The van der Waals surface area contributed by atoms with Crippen LogP contribution in [-0.4, -0.2) is 67.8 Å². The number of nitrogens with one attached hydrogen (secondary N) is 3. The van der Waals surface area contributed by atoms with Crippen molar-refractivity contribution >= 4 is 36.4 Å². The van der Waals surface area contributed by atoms with Crippen molar-refractivity contribution in [1.82, 2.24) is 20.6 Å². The predicted molar refractivity (Wildman–Crippen MR) is 87.9 cm³/mol. The van der Waals surface area contributed by atoms with Gasteiger partial charge in [0.25, 0.3) is 0 Å². The standard InChI is InChI=1S/C13H19N5O6S/c14-7(2-10(19)20)11(21)17-8(1-6-3-15-5-16-6)12(22)18-9(4-25)13(23)24/h3,5,7-9,25H,1-2,4,14H2,(H,15,16)(H,17,21)(H,18,22)(H,19,20)(H,23,24). The number of carboxylic acids is 2. The molecule has 1 aromatic heterocycles. The smallest absolute Gasteiger partial charge is 0.327 e. The molecule has 138 valence electrons. The fourth-order valence-electron chi connectivity index (χ4n) is 1.84. The van der Waals surface area contributed by atoms with Gasteiger partial charge in [0.2, 0.25) is 11.8 Å². The van der Waals surface area contributed by atoms with Gasteiger partial charge in [-0.15, -0.1) is 0 Å². The average Bonchev–Trinajstić information content (AvgIpc) is 3.03. The van der Waals surface area contributed by atoms with E-state index in [1.54, 1.807) is 0 Å². The third-order valence-corrected chi connectivity index (χ3v) is 3.51. The van der Waals surface area contributed by atoms with Gasteiger partial charge >= 0.3 is 11.9 Å². The van der Waals surface area contributed by atoms with Crippen LogP contribution in [0.1, 0.15) is 12.1 Å². The molecule has 0 radical (unpaired) electrons. The molecule has 1 heterocycles. The highest BCUT2D eigenvalue weighted by Crippen LogP contribution is 2.02. The lowest BCUT2D eigenvalue weighted by molar-refractivity contribution is -0.142. The van der Waals surface area contributed by atoms with E-state index in [0.717, 1.165) is 0 Å². The fourth-order valence-corrected chi connectivity index (χ4v) is 2.09. The number of nitrogens with two attached hydrogens (primary N) is 1. The monoisotopic (exact) mass is 373 g/mol. The molecule has 0 bridgehead atoms. The van der Waals surface area contributed by atoms with Crippen LogP contribution in [0.25, 0.3) is 0 Å². The van der Waals surface area contributed by atoms with Crippen molar-refractivity contribution in [1.29, 1.82) is 0 Å². The zero-order chi connectivity index (χ0) is 19.0. The number of aromatic amines is 1. The molecule has 0 aliphatic carbocycles. The quantitative estimate of drug-likeness (QED) is 0.224. The highest BCUT2D eigenvalue weighted by Gasteiger charge is 2.28. The van der Waals surface area contributed by atoms with Crippen molar-refractivity contribution in [3.8, 4) is 0 Å². The molecule has 0 aliphatic heterocycles. The summed E-state index contributed by atoms with van der Waals surface area (Å²) in [4.78, 5) is 52.4. The molecule has 7 N–H and O–H groups in total. The Morgan fingerprint density at radius 2 is 1.84 bits per heavy atom. The number of nitrogens with zero attached hydrogens (tertiary/aromatic N) is 1. The molecule has 2 amide bonds. The predicted octanol–water partition coefficient (Wildman–Crippen LogP) is -2.26. The van der Waals surface area contributed by atoms with E-state index in [0.29, 0.717) is 5.69 Å². The maximum atomic E-state index is 12.3. The Labute approximate surface area is 147 Å². The van der Waals surface area contributed by atoms with Crippen LogP contribution in [0.4, 0.5) is 0 Å². The average molecular weight is 373 g/mol. The maximum absolute atomic E-state index is 12.3. The van der Waals surface area contributed by atoms with Crippen molar-refractivity contribution in [3.63, 3.8) is 0 Å². The van der Waals surface area contributed by atoms with E-state index in [2.05, 4.69) is 33.2 Å². The van der Waals surface area contributed by atoms with Crippen LogP contribution in [0.15, 0.2) is 12.5 Å². The van der Waals surface area contributed by atoms with E-state index in [1.165, 1.54) is 12.5 Å². The summed E-state index contributed by atoms with van der Waals surface area (Å²) in [7, 11) is 0. The zero-order valence-corrected chi connectivity index (χ0v) is 13.9. The molecular weight excluding hydrogens is 354 g/mol. The minimum atomic E-state index is -1.35. The molecule has 0 aliphatic rings. The number of H-pyrrole nitrogens is 1. The Morgan fingerprint density at radius 1 is 1.20 bits per heavy atom. The highest BCUT2D eigenvalue weighted by molar-refractivity contribution is 7.80. The van der Waals surface area contributed by atoms with Gasteiger partial charge in [-0.2, -0.15) is 12.6 Å². The normalized spacial score (nSPS) is 14.2. The molecule has 3 atom stereocenters. The molecule has 1 aromatic rings. The number of aliphatic carboxylic acids is 2. The van der Waals surface area contributed by atoms with Gasteiger partial charge in [-0.1, -0.05) is 0 Å². The highest BCUT2D eigenvalue weighted by atomic mass is 32.1. The summed E-state index contributed by atoms with van der Waals surface area (Å²) in [6, 6.07) is -3.77. The van der Waals surface area contributed by atoms with Crippen LogP contribution in [0.2, 0.25) is 0 Å². The molecule has 1 rings (SSSR count). The lowest BCUT2D eigenvalue weighted by atomic mass is 10.1. The SMILES string of the molecule is NC(CC(=O)O)C(=O)NC(Cc1cnc[nH]1)C(=O)NC(CS)C(=O)O. The van der Waals surface area contributed by atoms with Crippen LogP contribution >= 0.6 is 12.6 Å². The molecule has 25 heavy (non-hydrogen) atoms. The number of carbonyl (C=O) groups is 4. The largest absolute Gasteiger partial charge is 0.481 e. The fraction of sp³-hybridized carbons (Fsp3) is 0.462. The van der Waals surface area contributed by atoms with Crippen molar-refractivity contribution in [3.05, 3.63) is 18.2 Å². The van der Waals surface area contributed by atoms with Gasteiger partial charge in [0.1, 0.15) is 12.1 Å². The van der Waals surface area contributed by atoms with Crippen LogP contribution in [0, 0.1) is 0 Å². The molecule has 11 nitrogen and oxygen atoms in total. The number of rotatable bonds is 10. The Morgan fingerprint density at radius 3 is 2.32 bits per heavy atom. The van der Waals surface area contributed by atoms with Gasteiger partial charge in [-0.3, -0.25) is 14.4 Å². The maximum Gasteiger partial charge on any atom is 0.327 e. The summed E-state index contributed by atoms with van der Waals surface area (Å²) in [6.07, 6.45) is 2.17. The topological polar surface area (TPSA) is 188 Å². The number of carboxylic acid groups (broad SMARTS) is 2. The van der Waals surface area contributed by atoms with E-state index in [4.69, 9.17) is 15.9 Å². The first kappa shape index (κ1) is 20.4. The summed E-state index contributed by atoms with van der Waals surface area (Å²) in [5.74, 6) is -4.31. The molecule has 0 fully saturated rings. The molecule has 0 saturated heterocycles. The number of imidazole rings is 1. The number of amides is 2. The summed E-state index contributed by atoms with van der Waals surface area (Å²) < 4.78 is 0. The Bertz CT molecular complexity index is 622. The lowest BCUT2D eigenvalue weighted by Gasteiger charge is -2.21. The Balaban J connectivity index is 2.84. The molecule has 3 unspecified atom stereocenters. The van der Waals surface area contributed by atoms with Crippen molar-refractivity contribution in [2.75, 3.05) is 5.75 Å². The van der Waals surface area contributed by atoms with Crippen LogP contribution < -0.4 is 16.4 Å². The van der Waals surface area contributed by atoms with Gasteiger partial charge in [-0.25, -0.2) is 9.78 Å². The van der Waals surface area contributed by atoms with E-state index in [1.807, 2.05) is 0 Å². The number of carbonyl (C=O) groups excluding carboxylic acids is 2. The van der Waals surface area contributed by atoms with E-state index in [9.17, 15) is 19.2 Å². The zero-order valence-electron chi connectivity index (χ0n) is 13.0. The number of hydrogen-bond acceptors (Lipinski definition) is 7. The molecule has 0 saturated carbocycles. The number of aromatic nitrogens is 2. The molecule has 0 aromatic carbocycles. The summed E-state index contributed by atoms with van der Waals surface area (Å²) in [5.41, 5.74) is 5.97. The van der Waals surface area contributed by atoms with Gasteiger partial charge < -0.3 is 31.6 Å². The Kier molecular flexibility index (Phi) is 7.88. The first-order chi connectivity index (χ1) is 11.7. The first-order valence-corrected chi connectivity index (χ1v) is 7.76. The Hall–Kier alpha value is -2.60. The van der Waals surface area contributed by atoms with Gasteiger partial charge in [-0.05, 0) is 0 Å². The molecular formula is C13H19N5O6S. The lowest BCUT2D eigenvalue weighted by Crippen LogP contribution is -2.55. The van der Waals surface area contributed by atoms with Crippen molar-refractivity contribution in [2.24, 2.45) is 5.73 Å². The van der Waals surface area contributed by atoms with Gasteiger partial charge in [0.05, 0.1) is 18.8 Å². The van der Waals surface area contributed by atoms with Gasteiger partial charge in [0.15, 0.2) is 0 Å². The minimum absolute atomic E-state index is 0.0176. The van der Waals surface area contributed by atoms with E-state index >= 15 is 0 Å². The van der Waals surface area contributed by atoms with E-state index < -0.39 is 48.3 Å². The number of thiol groups is 1. The second kappa shape index (κ2) is 9.64. The van der Waals surface area contributed by atoms with Crippen molar-refractivity contribution < 1.29 is 29.4 Å². The third-order valence-electron chi connectivity index (χ3n) is 3.14. The summed E-state index contributed by atoms with van der Waals surface area (Å²) >= 11 is 3.84. The molecule has 0 spiro atoms. The van der Waals surface area contributed by atoms with Crippen LogP contribution in [0.5, 0.6) is 0 Å². The number of hydrogen-bond donors (Lipinski definition) is 7. The van der Waals surface area contributed by atoms with Gasteiger partial charge in [0, 0.05) is 24.1 Å². The molecule has 12 heteroatoms. The minimum Gasteiger partial charge on any atom is -0.481 e. The van der Waals surface area contributed by atoms with Crippen LogP contribution in [0.3, 0.4) is 0 Å². The first-order valence-electron chi connectivity index (χ1n) is 7.13. The summed E-state index contributed by atoms with van der Waals surface area (Å²) in [5, 5.41) is 22.2. The van der Waals surface area contributed by atoms with Crippen LogP contribution in [-0.2, 0) is 25.6 Å². The summed E-state index contributed by atoms with van der Waals surface area (Å²) in [6.45, 7) is 0. The van der Waals surface area contributed by atoms with Crippen molar-refractivity contribution in [2.45, 2.75) is 31.0 Å².